The molecular formula is C22H26N6O. The fourth-order valence-corrected chi connectivity index (χ4v) is 4.80. The van der Waals surface area contributed by atoms with Gasteiger partial charge in [-0.3, -0.25) is 14.7 Å². The summed E-state index contributed by atoms with van der Waals surface area (Å²) < 4.78 is 1.73. The van der Waals surface area contributed by atoms with Crippen molar-refractivity contribution in [3.05, 3.63) is 47.9 Å². The van der Waals surface area contributed by atoms with Crippen molar-refractivity contribution in [1.29, 1.82) is 0 Å². The molecule has 1 saturated carbocycles. The van der Waals surface area contributed by atoms with Crippen LogP contribution in [0.3, 0.4) is 0 Å². The van der Waals surface area contributed by atoms with Crippen molar-refractivity contribution in [2.24, 2.45) is 0 Å². The minimum absolute atomic E-state index is 0.134. The van der Waals surface area contributed by atoms with Gasteiger partial charge in [-0.1, -0.05) is 24.1 Å². The SMILES string of the molecule is Cc1c(C(=O)N[C@H]2CCN(C3CCCC3)C2)nnn1-c1cccc2ncccc12. The normalized spacial score (nSPS) is 20.5. The maximum absolute atomic E-state index is 12.9. The van der Waals surface area contributed by atoms with E-state index in [0.717, 1.165) is 41.8 Å². The van der Waals surface area contributed by atoms with Crippen LogP contribution in [0.25, 0.3) is 16.6 Å². The van der Waals surface area contributed by atoms with Crippen molar-refractivity contribution in [1.82, 2.24) is 30.2 Å². The molecule has 3 heterocycles. The average Bonchev–Trinajstić information content (AvgIpc) is 3.48. The largest absolute Gasteiger partial charge is 0.347 e. The molecule has 3 aromatic rings. The fraction of sp³-hybridized carbons (Fsp3) is 0.455. The Balaban J connectivity index is 1.33. The van der Waals surface area contributed by atoms with E-state index in [0.29, 0.717) is 11.7 Å². The van der Waals surface area contributed by atoms with Crippen LogP contribution < -0.4 is 5.32 Å². The molecule has 29 heavy (non-hydrogen) atoms. The van der Waals surface area contributed by atoms with Gasteiger partial charge >= 0.3 is 0 Å². The van der Waals surface area contributed by atoms with Gasteiger partial charge in [0.05, 0.1) is 16.9 Å². The highest BCUT2D eigenvalue weighted by Gasteiger charge is 2.31. The number of amides is 1. The van der Waals surface area contributed by atoms with E-state index in [4.69, 9.17) is 0 Å². The molecular weight excluding hydrogens is 364 g/mol. The summed E-state index contributed by atoms with van der Waals surface area (Å²) in [5, 5.41) is 12.6. The van der Waals surface area contributed by atoms with Gasteiger partial charge in [0.1, 0.15) is 0 Å². The Labute approximate surface area is 170 Å². The molecule has 2 aliphatic rings. The number of hydrogen-bond acceptors (Lipinski definition) is 5. The summed E-state index contributed by atoms with van der Waals surface area (Å²) in [7, 11) is 0. The minimum Gasteiger partial charge on any atom is -0.347 e. The van der Waals surface area contributed by atoms with Crippen LogP contribution in [0, 0.1) is 6.92 Å². The Morgan fingerprint density at radius 3 is 2.86 bits per heavy atom. The van der Waals surface area contributed by atoms with Crippen molar-refractivity contribution >= 4 is 16.8 Å². The zero-order valence-corrected chi connectivity index (χ0v) is 16.7. The lowest BCUT2D eigenvalue weighted by Gasteiger charge is -2.23. The maximum Gasteiger partial charge on any atom is 0.274 e. The molecule has 1 amide bonds. The van der Waals surface area contributed by atoms with Crippen molar-refractivity contribution in [2.45, 2.75) is 51.1 Å². The molecule has 1 aliphatic heterocycles. The van der Waals surface area contributed by atoms with Gasteiger partial charge in [0.15, 0.2) is 5.69 Å². The predicted molar refractivity (Wildman–Crippen MR) is 111 cm³/mol. The Morgan fingerprint density at radius 1 is 1.14 bits per heavy atom. The van der Waals surface area contributed by atoms with Crippen LogP contribution in [-0.4, -0.2) is 56.0 Å². The first-order valence-corrected chi connectivity index (χ1v) is 10.5. The van der Waals surface area contributed by atoms with Gasteiger partial charge in [-0.25, -0.2) is 4.68 Å². The quantitative estimate of drug-likeness (QED) is 0.741. The van der Waals surface area contributed by atoms with Crippen molar-refractivity contribution in [2.75, 3.05) is 13.1 Å². The number of nitrogens with zero attached hydrogens (tertiary/aromatic N) is 5. The molecule has 150 valence electrons. The van der Waals surface area contributed by atoms with Gasteiger partial charge in [0, 0.05) is 36.8 Å². The molecule has 1 atom stereocenters. The molecule has 1 aromatic carbocycles. The lowest BCUT2D eigenvalue weighted by Crippen LogP contribution is -2.39. The number of pyridine rings is 1. The molecule has 1 aliphatic carbocycles. The van der Waals surface area contributed by atoms with Gasteiger partial charge in [-0.05, 0) is 50.5 Å². The van der Waals surface area contributed by atoms with Gasteiger partial charge < -0.3 is 5.32 Å². The van der Waals surface area contributed by atoms with Gasteiger partial charge in [0.2, 0.25) is 0 Å². The Bertz CT molecular complexity index is 1030. The summed E-state index contributed by atoms with van der Waals surface area (Å²) in [6.07, 6.45) is 8.05. The summed E-state index contributed by atoms with van der Waals surface area (Å²) in [5.41, 5.74) is 2.91. The summed E-state index contributed by atoms with van der Waals surface area (Å²) in [6, 6.07) is 10.7. The number of rotatable bonds is 4. The van der Waals surface area contributed by atoms with Gasteiger partial charge in [-0.2, -0.15) is 0 Å². The Kier molecular flexibility index (Phi) is 4.75. The first kappa shape index (κ1) is 18.2. The number of carbonyl (C=O) groups is 1. The third-order valence-corrected chi connectivity index (χ3v) is 6.36. The molecule has 2 fully saturated rings. The van der Waals surface area contributed by atoms with Crippen LogP contribution in [0.2, 0.25) is 0 Å². The van der Waals surface area contributed by atoms with Gasteiger partial charge in [0.25, 0.3) is 5.91 Å². The fourth-order valence-electron chi connectivity index (χ4n) is 4.80. The van der Waals surface area contributed by atoms with Crippen LogP contribution in [-0.2, 0) is 0 Å². The minimum atomic E-state index is -0.134. The number of fused-ring (bicyclic) bond motifs is 1. The monoisotopic (exact) mass is 390 g/mol. The molecule has 7 heteroatoms. The second-order valence-corrected chi connectivity index (χ2v) is 8.17. The van der Waals surface area contributed by atoms with E-state index in [2.05, 4.69) is 25.5 Å². The lowest BCUT2D eigenvalue weighted by atomic mass is 10.1. The van der Waals surface area contributed by atoms with Crippen LogP contribution in [0.4, 0.5) is 0 Å². The molecule has 1 N–H and O–H groups in total. The highest BCUT2D eigenvalue weighted by molar-refractivity contribution is 5.94. The molecule has 0 spiro atoms. The molecule has 5 rings (SSSR count). The van der Waals surface area contributed by atoms with Crippen LogP contribution >= 0.6 is 0 Å². The number of carbonyl (C=O) groups excluding carboxylic acids is 1. The number of likely N-dealkylation sites (tertiary alicyclic amines) is 1. The van der Waals surface area contributed by atoms with E-state index in [-0.39, 0.29) is 11.9 Å². The van der Waals surface area contributed by atoms with Crippen molar-refractivity contribution in [3.63, 3.8) is 0 Å². The summed E-state index contributed by atoms with van der Waals surface area (Å²) in [4.78, 5) is 19.8. The molecule has 1 saturated heterocycles. The zero-order valence-electron chi connectivity index (χ0n) is 16.7. The molecule has 0 unspecified atom stereocenters. The number of nitrogens with one attached hydrogen (secondary N) is 1. The third-order valence-electron chi connectivity index (χ3n) is 6.36. The van der Waals surface area contributed by atoms with Crippen LogP contribution in [0.1, 0.15) is 48.3 Å². The topological polar surface area (TPSA) is 75.9 Å². The smallest absolute Gasteiger partial charge is 0.274 e. The number of hydrogen-bond donors (Lipinski definition) is 1. The van der Waals surface area contributed by atoms with Crippen molar-refractivity contribution in [3.8, 4) is 5.69 Å². The Hall–Kier alpha value is -2.80. The van der Waals surface area contributed by atoms with E-state index < -0.39 is 0 Å². The molecule has 0 bridgehead atoms. The molecule has 2 aromatic heterocycles. The average molecular weight is 390 g/mol. The highest BCUT2D eigenvalue weighted by atomic mass is 16.2. The van der Waals surface area contributed by atoms with Gasteiger partial charge in [-0.15, -0.1) is 5.10 Å². The first-order chi connectivity index (χ1) is 14.2. The third kappa shape index (κ3) is 3.40. The standard InChI is InChI=1S/C22H26N6O/c1-15-21(22(29)24-16-11-13-27(14-16)17-6-2-3-7-17)25-26-28(15)20-10-4-9-19-18(20)8-5-12-23-19/h4-5,8-10,12,16-17H,2-3,6-7,11,13-14H2,1H3,(H,24,29)/t16-/m0/s1. The van der Waals surface area contributed by atoms with Crippen LogP contribution in [0.5, 0.6) is 0 Å². The van der Waals surface area contributed by atoms with Crippen LogP contribution in [0.15, 0.2) is 36.5 Å². The van der Waals surface area contributed by atoms with E-state index in [1.807, 2.05) is 37.3 Å². The second kappa shape index (κ2) is 7.55. The first-order valence-electron chi connectivity index (χ1n) is 10.5. The number of aromatic nitrogens is 4. The summed E-state index contributed by atoms with van der Waals surface area (Å²) in [6.45, 7) is 3.91. The summed E-state index contributed by atoms with van der Waals surface area (Å²) >= 11 is 0. The van der Waals surface area contributed by atoms with E-state index in [1.54, 1.807) is 10.9 Å². The molecule has 0 radical (unpaired) electrons. The lowest BCUT2D eigenvalue weighted by molar-refractivity contribution is 0.0930. The predicted octanol–water partition coefficient (Wildman–Crippen LogP) is 2.87. The highest BCUT2D eigenvalue weighted by Crippen LogP contribution is 2.27. The van der Waals surface area contributed by atoms with Crippen molar-refractivity contribution < 1.29 is 4.79 Å². The maximum atomic E-state index is 12.9. The van der Waals surface area contributed by atoms with E-state index in [1.165, 1.54) is 25.7 Å². The van der Waals surface area contributed by atoms with E-state index in [9.17, 15) is 4.79 Å². The van der Waals surface area contributed by atoms with E-state index >= 15 is 0 Å². The Morgan fingerprint density at radius 2 is 2.00 bits per heavy atom. The summed E-state index contributed by atoms with van der Waals surface area (Å²) in [5.74, 6) is -0.134. The zero-order chi connectivity index (χ0) is 19.8. The second-order valence-electron chi connectivity index (χ2n) is 8.17. The molecule has 7 nitrogen and oxygen atoms in total. The number of benzene rings is 1.